The molecular weight excluding hydrogens is 326 g/mol. The molecule has 1 amide bonds. The summed E-state index contributed by atoms with van der Waals surface area (Å²) in [6.45, 7) is 3.47. The minimum Gasteiger partial charge on any atom is -0.395 e. The fourth-order valence-corrected chi connectivity index (χ4v) is 3.94. The summed E-state index contributed by atoms with van der Waals surface area (Å²) in [4.78, 5) is 19.5. The fraction of sp³-hybridized carbons (Fsp3) is 0.333. The van der Waals surface area contributed by atoms with Crippen molar-refractivity contribution in [1.82, 2.24) is 14.5 Å². The highest BCUT2D eigenvalue weighted by molar-refractivity contribution is 5.97. The van der Waals surface area contributed by atoms with Gasteiger partial charge in [-0.3, -0.25) is 4.79 Å². The van der Waals surface area contributed by atoms with E-state index in [9.17, 15) is 4.79 Å². The number of likely N-dealkylation sites (tertiary alicyclic amines) is 1. The Morgan fingerprint density at radius 2 is 2.12 bits per heavy atom. The smallest absolute Gasteiger partial charge is 0.254 e. The van der Waals surface area contributed by atoms with Gasteiger partial charge in [-0.2, -0.15) is 0 Å². The van der Waals surface area contributed by atoms with Gasteiger partial charge in [0.15, 0.2) is 0 Å². The third-order valence-corrected chi connectivity index (χ3v) is 5.27. The van der Waals surface area contributed by atoms with Crippen LogP contribution in [0.1, 0.15) is 40.4 Å². The second-order valence-electron chi connectivity index (χ2n) is 6.88. The molecule has 1 aliphatic heterocycles. The molecule has 0 bridgehead atoms. The first-order valence-corrected chi connectivity index (χ1v) is 9.11. The Hall–Kier alpha value is -2.66. The molecule has 1 atom stereocenters. The van der Waals surface area contributed by atoms with Crippen LogP contribution in [0.3, 0.4) is 0 Å². The largest absolute Gasteiger partial charge is 0.395 e. The number of nitrogens with zero attached hydrogens (tertiary/aromatic N) is 3. The Balaban J connectivity index is 1.64. The SMILES string of the molecule is Cc1ccccc1[C@@H]1CCCN1C(=O)c1ccc2c(c1)ncn2CCO. The van der Waals surface area contributed by atoms with Crippen LogP contribution in [0.25, 0.3) is 11.0 Å². The van der Waals surface area contributed by atoms with E-state index in [1.807, 2.05) is 39.8 Å². The number of carbonyl (C=O) groups is 1. The number of hydrogen-bond donors (Lipinski definition) is 1. The molecular formula is C21H23N3O2. The van der Waals surface area contributed by atoms with Crippen molar-refractivity contribution in [3.63, 3.8) is 0 Å². The van der Waals surface area contributed by atoms with Gasteiger partial charge in [0.25, 0.3) is 5.91 Å². The summed E-state index contributed by atoms with van der Waals surface area (Å²) < 4.78 is 1.90. The first-order chi connectivity index (χ1) is 12.7. The molecule has 3 aromatic rings. The van der Waals surface area contributed by atoms with Gasteiger partial charge < -0.3 is 14.6 Å². The van der Waals surface area contributed by atoms with Crippen molar-refractivity contribution in [2.75, 3.05) is 13.2 Å². The molecule has 0 unspecified atom stereocenters. The van der Waals surface area contributed by atoms with Gasteiger partial charge in [-0.05, 0) is 49.1 Å². The van der Waals surface area contributed by atoms with E-state index in [-0.39, 0.29) is 18.6 Å². The maximum atomic E-state index is 13.2. The monoisotopic (exact) mass is 349 g/mol. The van der Waals surface area contributed by atoms with Crippen molar-refractivity contribution in [2.45, 2.75) is 32.4 Å². The highest BCUT2D eigenvalue weighted by atomic mass is 16.3. The third-order valence-electron chi connectivity index (χ3n) is 5.27. The van der Waals surface area contributed by atoms with Gasteiger partial charge in [0.1, 0.15) is 0 Å². The summed E-state index contributed by atoms with van der Waals surface area (Å²) in [5, 5.41) is 9.13. The van der Waals surface area contributed by atoms with Crippen LogP contribution < -0.4 is 0 Å². The number of benzene rings is 2. The molecule has 5 heteroatoms. The first kappa shape index (κ1) is 16.8. The van der Waals surface area contributed by atoms with Gasteiger partial charge in [0, 0.05) is 18.7 Å². The number of hydrogen-bond acceptors (Lipinski definition) is 3. The molecule has 1 aliphatic rings. The molecule has 0 spiro atoms. The van der Waals surface area contributed by atoms with Crippen molar-refractivity contribution in [3.05, 3.63) is 65.5 Å². The number of amides is 1. The van der Waals surface area contributed by atoms with Crippen LogP contribution in [0.15, 0.2) is 48.8 Å². The summed E-state index contributed by atoms with van der Waals surface area (Å²) in [6, 6.07) is 14.1. The number of aromatic nitrogens is 2. The van der Waals surface area contributed by atoms with Crippen molar-refractivity contribution in [1.29, 1.82) is 0 Å². The van der Waals surface area contributed by atoms with E-state index in [4.69, 9.17) is 5.11 Å². The third kappa shape index (κ3) is 2.88. The topological polar surface area (TPSA) is 58.4 Å². The lowest BCUT2D eigenvalue weighted by molar-refractivity contribution is 0.0735. The zero-order valence-corrected chi connectivity index (χ0v) is 14.9. The predicted molar refractivity (Wildman–Crippen MR) is 101 cm³/mol. The highest BCUT2D eigenvalue weighted by Gasteiger charge is 2.31. The molecule has 0 aliphatic carbocycles. The Morgan fingerprint density at radius 3 is 2.92 bits per heavy atom. The van der Waals surface area contributed by atoms with Gasteiger partial charge in [0.2, 0.25) is 0 Å². The number of imidazole rings is 1. The van der Waals surface area contributed by atoms with Crippen LogP contribution in [0.4, 0.5) is 0 Å². The minimum absolute atomic E-state index is 0.0642. The number of aliphatic hydroxyl groups excluding tert-OH is 1. The lowest BCUT2D eigenvalue weighted by Gasteiger charge is -2.26. The van der Waals surface area contributed by atoms with Gasteiger partial charge in [-0.15, -0.1) is 0 Å². The van der Waals surface area contributed by atoms with E-state index in [1.54, 1.807) is 6.33 Å². The first-order valence-electron chi connectivity index (χ1n) is 9.11. The molecule has 1 fully saturated rings. The zero-order valence-electron chi connectivity index (χ0n) is 14.9. The summed E-state index contributed by atoms with van der Waals surface area (Å²) in [7, 11) is 0. The van der Waals surface area contributed by atoms with Crippen LogP contribution in [0, 0.1) is 6.92 Å². The van der Waals surface area contributed by atoms with E-state index >= 15 is 0 Å². The van der Waals surface area contributed by atoms with E-state index < -0.39 is 0 Å². The predicted octanol–water partition coefficient (Wildman–Crippen LogP) is 3.31. The van der Waals surface area contributed by atoms with E-state index in [0.717, 1.165) is 30.4 Å². The van der Waals surface area contributed by atoms with Crippen LogP contribution >= 0.6 is 0 Å². The van der Waals surface area contributed by atoms with E-state index in [2.05, 4.69) is 24.0 Å². The lowest BCUT2D eigenvalue weighted by atomic mass is 9.99. The summed E-state index contributed by atoms with van der Waals surface area (Å²) >= 11 is 0. The quantitative estimate of drug-likeness (QED) is 0.786. The number of aryl methyl sites for hydroxylation is 1. The summed E-state index contributed by atoms with van der Waals surface area (Å²) in [5.74, 6) is 0.0642. The number of rotatable bonds is 4. The van der Waals surface area contributed by atoms with E-state index in [0.29, 0.717) is 12.1 Å². The molecule has 1 saturated heterocycles. The molecule has 134 valence electrons. The standard InChI is InChI=1S/C21H23N3O2/c1-15-5-2-3-6-17(15)19-7-4-10-24(19)21(26)16-8-9-20-18(13-16)22-14-23(20)11-12-25/h2-3,5-6,8-9,13-14,19,25H,4,7,10-12H2,1H3/t19-/m0/s1. The van der Waals surface area contributed by atoms with Crippen molar-refractivity contribution in [2.24, 2.45) is 0 Å². The Kier molecular flexibility index (Phi) is 4.47. The molecule has 1 aromatic heterocycles. The number of fused-ring (bicyclic) bond motifs is 1. The molecule has 2 aromatic carbocycles. The van der Waals surface area contributed by atoms with Crippen LogP contribution in [0.5, 0.6) is 0 Å². The zero-order chi connectivity index (χ0) is 18.1. The van der Waals surface area contributed by atoms with Crippen molar-refractivity contribution in [3.8, 4) is 0 Å². The maximum Gasteiger partial charge on any atom is 0.254 e. The molecule has 2 heterocycles. The number of aliphatic hydroxyl groups is 1. The fourth-order valence-electron chi connectivity index (χ4n) is 3.94. The van der Waals surface area contributed by atoms with Crippen LogP contribution in [-0.2, 0) is 6.54 Å². The van der Waals surface area contributed by atoms with Gasteiger partial charge >= 0.3 is 0 Å². The normalized spacial score (nSPS) is 17.2. The van der Waals surface area contributed by atoms with Crippen molar-refractivity contribution < 1.29 is 9.90 Å². The average molecular weight is 349 g/mol. The van der Waals surface area contributed by atoms with Gasteiger partial charge in [0.05, 0.1) is 30.0 Å². The van der Waals surface area contributed by atoms with E-state index in [1.165, 1.54) is 11.1 Å². The molecule has 1 N–H and O–H groups in total. The Bertz CT molecular complexity index is 947. The number of carbonyl (C=O) groups excluding carboxylic acids is 1. The lowest BCUT2D eigenvalue weighted by Crippen LogP contribution is -2.30. The molecule has 0 saturated carbocycles. The molecule has 0 radical (unpaired) electrons. The summed E-state index contributed by atoms with van der Waals surface area (Å²) in [5.41, 5.74) is 4.87. The van der Waals surface area contributed by atoms with Crippen molar-refractivity contribution >= 4 is 16.9 Å². The summed E-state index contributed by atoms with van der Waals surface area (Å²) in [6.07, 6.45) is 3.74. The Morgan fingerprint density at radius 1 is 1.27 bits per heavy atom. The maximum absolute atomic E-state index is 13.2. The molecule has 5 nitrogen and oxygen atoms in total. The van der Waals surface area contributed by atoms with Crippen LogP contribution in [-0.4, -0.2) is 38.6 Å². The average Bonchev–Trinajstić information content (AvgIpc) is 3.29. The second kappa shape index (κ2) is 6.92. The molecule has 26 heavy (non-hydrogen) atoms. The highest BCUT2D eigenvalue weighted by Crippen LogP contribution is 2.34. The van der Waals surface area contributed by atoms with Gasteiger partial charge in [-0.25, -0.2) is 4.98 Å². The minimum atomic E-state index is 0.0642. The Labute approximate surface area is 152 Å². The van der Waals surface area contributed by atoms with Gasteiger partial charge in [-0.1, -0.05) is 24.3 Å². The molecule has 4 rings (SSSR count). The second-order valence-corrected chi connectivity index (χ2v) is 6.88. The van der Waals surface area contributed by atoms with Crippen LogP contribution in [0.2, 0.25) is 0 Å².